The summed E-state index contributed by atoms with van der Waals surface area (Å²) >= 11 is 0. The molecule has 1 atom stereocenters. The molecule has 104 valence electrons. The molecule has 1 saturated heterocycles. The van der Waals surface area contributed by atoms with E-state index in [2.05, 4.69) is 17.6 Å². The van der Waals surface area contributed by atoms with Gasteiger partial charge in [0.1, 0.15) is 5.82 Å². The summed E-state index contributed by atoms with van der Waals surface area (Å²) < 4.78 is 18.1. The molecule has 4 nitrogen and oxygen atoms in total. The van der Waals surface area contributed by atoms with E-state index >= 15 is 0 Å². The highest BCUT2D eigenvalue weighted by Crippen LogP contribution is 2.17. The highest BCUT2D eigenvalue weighted by Gasteiger charge is 2.27. The largest absolute Gasteiger partial charge is 0.380 e. The van der Waals surface area contributed by atoms with Gasteiger partial charge in [-0.05, 0) is 44.0 Å². The van der Waals surface area contributed by atoms with Crippen molar-refractivity contribution in [1.29, 1.82) is 0 Å². The highest BCUT2D eigenvalue weighted by molar-refractivity contribution is 5.92. The third-order valence-electron chi connectivity index (χ3n) is 3.24. The van der Waals surface area contributed by atoms with Gasteiger partial charge in [0.05, 0.1) is 13.2 Å². The molecule has 5 heteroatoms. The van der Waals surface area contributed by atoms with E-state index in [4.69, 9.17) is 4.74 Å². The predicted molar refractivity (Wildman–Crippen MR) is 71.5 cm³/mol. The molecule has 0 radical (unpaired) electrons. The molecule has 1 unspecified atom stereocenters. The van der Waals surface area contributed by atoms with Gasteiger partial charge in [0, 0.05) is 17.8 Å². The Balaban J connectivity index is 1.79. The van der Waals surface area contributed by atoms with Crippen LogP contribution in [0.5, 0.6) is 0 Å². The Morgan fingerprint density at radius 3 is 2.79 bits per heavy atom. The number of carbonyl (C=O) groups is 1. The maximum Gasteiger partial charge on any atom is 0.238 e. The van der Waals surface area contributed by atoms with E-state index in [1.165, 1.54) is 12.1 Å². The second-order valence-corrected chi connectivity index (χ2v) is 5.13. The van der Waals surface area contributed by atoms with Gasteiger partial charge in [-0.15, -0.1) is 0 Å². The molecule has 1 fully saturated rings. The molecule has 0 aliphatic carbocycles. The van der Waals surface area contributed by atoms with Gasteiger partial charge in [-0.2, -0.15) is 0 Å². The van der Waals surface area contributed by atoms with Gasteiger partial charge < -0.3 is 15.4 Å². The van der Waals surface area contributed by atoms with Crippen molar-refractivity contribution < 1.29 is 13.9 Å². The number of halogens is 1. The lowest BCUT2D eigenvalue weighted by atomic mass is 9.95. The van der Waals surface area contributed by atoms with E-state index in [0.29, 0.717) is 12.3 Å². The van der Waals surface area contributed by atoms with Crippen molar-refractivity contribution in [2.75, 3.05) is 25.1 Å². The fraction of sp³-hybridized carbons (Fsp3) is 0.500. The first-order valence-electron chi connectivity index (χ1n) is 6.46. The van der Waals surface area contributed by atoms with Gasteiger partial charge in [0.2, 0.25) is 5.91 Å². The van der Waals surface area contributed by atoms with E-state index in [9.17, 15) is 9.18 Å². The Morgan fingerprint density at radius 2 is 2.16 bits per heavy atom. The molecule has 1 heterocycles. The zero-order valence-corrected chi connectivity index (χ0v) is 11.0. The molecular weight excluding hydrogens is 247 g/mol. The summed E-state index contributed by atoms with van der Waals surface area (Å²) in [6, 6.07) is 5.72. The SMILES string of the molecule is CC1(NCC(=O)Nc2ccc(F)cc2)CCCOC1. The van der Waals surface area contributed by atoms with Gasteiger partial charge in [-0.1, -0.05) is 0 Å². The minimum Gasteiger partial charge on any atom is -0.380 e. The Kier molecular flexibility index (Phi) is 4.50. The lowest BCUT2D eigenvalue weighted by Crippen LogP contribution is -2.51. The molecule has 19 heavy (non-hydrogen) atoms. The number of nitrogens with one attached hydrogen (secondary N) is 2. The van der Waals surface area contributed by atoms with Crippen LogP contribution in [0, 0.1) is 5.82 Å². The van der Waals surface area contributed by atoms with E-state index in [-0.39, 0.29) is 23.8 Å². The number of ether oxygens (including phenoxy) is 1. The van der Waals surface area contributed by atoms with E-state index in [1.807, 2.05) is 0 Å². The standard InChI is InChI=1S/C14H19FN2O2/c1-14(7-2-8-19-10-14)16-9-13(18)17-12-5-3-11(15)4-6-12/h3-6,16H,2,7-10H2,1H3,(H,17,18). The summed E-state index contributed by atoms with van der Waals surface area (Å²) in [5.41, 5.74) is 0.455. The van der Waals surface area contributed by atoms with Crippen LogP contribution in [0.3, 0.4) is 0 Å². The molecule has 0 aromatic heterocycles. The number of hydrogen-bond acceptors (Lipinski definition) is 3. The molecule has 2 rings (SSSR count). The Bertz CT molecular complexity index is 428. The molecule has 0 bridgehead atoms. The number of benzene rings is 1. The van der Waals surface area contributed by atoms with Gasteiger partial charge in [0.15, 0.2) is 0 Å². The Hall–Kier alpha value is -1.46. The molecule has 0 spiro atoms. The first-order valence-corrected chi connectivity index (χ1v) is 6.46. The number of carbonyl (C=O) groups excluding carboxylic acids is 1. The molecule has 2 N–H and O–H groups in total. The molecule has 1 aromatic rings. The van der Waals surface area contributed by atoms with Crippen molar-refractivity contribution in [2.24, 2.45) is 0 Å². The smallest absolute Gasteiger partial charge is 0.238 e. The van der Waals surface area contributed by atoms with Gasteiger partial charge in [-0.3, -0.25) is 4.79 Å². The van der Waals surface area contributed by atoms with Gasteiger partial charge >= 0.3 is 0 Å². The zero-order chi connectivity index (χ0) is 13.7. The summed E-state index contributed by atoms with van der Waals surface area (Å²) in [5, 5.41) is 5.94. The van der Waals surface area contributed by atoms with Crippen molar-refractivity contribution in [3.63, 3.8) is 0 Å². The van der Waals surface area contributed by atoms with Crippen LogP contribution in [-0.2, 0) is 9.53 Å². The minimum atomic E-state index is -0.317. The van der Waals surface area contributed by atoms with Crippen LogP contribution in [-0.4, -0.2) is 31.2 Å². The van der Waals surface area contributed by atoms with E-state index in [0.717, 1.165) is 19.4 Å². The average molecular weight is 266 g/mol. The summed E-state index contributed by atoms with van der Waals surface area (Å²) in [5.74, 6) is -0.457. The molecule has 1 amide bonds. The van der Waals surface area contributed by atoms with Crippen molar-refractivity contribution >= 4 is 11.6 Å². The van der Waals surface area contributed by atoms with Crippen molar-refractivity contribution in [1.82, 2.24) is 5.32 Å². The van der Waals surface area contributed by atoms with Crippen LogP contribution in [0.15, 0.2) is 24.3 Å². The van der Waals surface area contributed by atoms with Gasteiger partial charge in [0.25, 0.3) is 0 Å². The quantitative estimate of drug-likeness (QED) is 0.875. The predicted octanol–water partition coefficient (Wildman–Crippen LogP) is 1.92. The molecule has 1 aliphatic heterocycles. The monoisotopic (exact) mass is 266 g/mol. The van der Waals surface area contributed by atoms with Crippen LogP contribution >= 0.6 is 0 Å². The van der Waals surface area contributed by atoms with E-state index < -0.39 is 0 Å². The van der Waals surface area contributed by atoms with Gasteiger partial charge in [-0.25, -0.2) is 4.39 Å². The zero-order valence-electron chi connectivity index (χ0n) is 11.0. The number of rotatable bonds is 4. The van der Waals surface area contributed by atoms with Crippen LogP contribution in [0.1, 0.15) is 19.8 Å². The topological polar surface area (TPSA) is 50.4 Å². The van der Waals surface area contributed by atoms with Crippen LogP contribution in [0.4, 0.5) is 10.1 Å². The summed E-state index contributed by atoms with van der Waals surface area (Å²) in [4.78, 5) is 11.8. The minimum absolute atomic E-state index is 0.140. The highest BCUT2D eigenvalue weighted by atomic mass is 19.1. The van der Waals surface area contributed by atoms with Crippen molar-refractivity contribution in [3.8, 4) is 0 Å². The number of hydrogen-bond donors (Lipinski definition) is 2. The Morgan fingerprint density at radius 1 is 1.42 bits per heavy atom. The average Bonchev–Trinajstić information content (AvgIpc) is 2.40. The molecule has 0 saturated carbocycles. The lowest BCUT2D eigenvalue weighted by molar-refractivity contribution is -0.116. The molecule has 1 aromatic carbocycles. The van der Waals surface area contributed by atoms with Crippen LogP contribution < -0.4 is 10.6 Å². The summed E-state index contributed by atoms with van der Waals surface area (Å²) in [6.07, 6.45) is 2.00. The normalized spacial score (nSPS) is 23.1. The first-order chi connectivity index (χ1) is 9.07. The maximum absolute atomic E-state index is 12.7. The number of amides is 1. The molecular formula is C14H19FN2O2. The third-order valence-corrected chi connectivity index (χ3v) is 3.24. The summed E-state index contributed by atoms with van der Waals surface area (Å²) in [6.45, 7) is 3.68. The second-order valence-electron chi connectivity index (χ2n) is 5.13. The van der Waals surface area contributed by atoms with E-state index in [1.54, 1.807) is 12.1 Å². The van der Waals surface area contributed by atoms with Crippen molar-refractivity contribution in [2.45, 2.75) is 25.3 Å². The second kappa shape index (κ2) is 6.12. The maximum atomic E-state index is 12.7. The fourth-order valence-corrected chi connectivity index (χ4v) is 2.11. The Labute approximate surface area is 112 Å². The summed E-state index contributed by atoms with van der Waals surface area (Å²) in [7, 11) is 0. The molecule has 1 aliphatic rings. The lowest BCUT2D eigenvalue weighted by Gasteiger charge is -2.34. The van der Waals surface area contributed by atoms with Crippen molar-refractivity contribution in [3.05, 3.63) is 30.1 Å². The van der Waals surface area contributed by atoms with Crippen LogP contribution in [0.2, 0.25) is 0 Å². The fourth-order valence-electron chi connectivity index (χ4n) is 2.11. The first kappa shape index (κ1) is 14.0. The number of anilines is 1. The van der Waals surface area contributed by atoms with Crippen LogP contribution in [0.25, 0.3) is 0 Å². The third kappa shape index (κ3) is 4.29.